The molecule has 0 spiro atoms. The van der Waals surface area contributed by atoms with E-state index >= 15 is 0 Å². The molecule has 0 aliphatic carbocycles. The molecular weight excluding hydrogens is 328 g/mol. The van der Waals surface area contributed by atoms with Crippen LogP contribution in [0.25, 0.3) is 11.5 Å². The molecule has 2 N–H and O–H groups in total. The number of carbonyl (C=O) groups excluding carboxylic acids is 1. The predicted octanol–water partition coefficient (Wildman–Crippen LogP) is 3.98. The molecule has 1 heterocycles. The van der Waals surface area contributed by atoms with Gasteiger partial charge in [-0.2, -0.15) is 0 Å². The van der Waals surface area contributed by atoms with E-state index in [1.165, 1.54) is 6.26 Å². The number of amides is 1. The first-order valence-corrected chi connectivity index (χ1v) is 7.64. The molecule has 0 unspecified atom stereocenters. The topological polar surface area (TPSA) is 78.4 Å². The second-order valence-corrected chi connectivity index (χ2v) is 5.74. The highest BCUT2D eigenvalue weighted by molar-refractivity contribution is 6.30. The highest BCUT2D eigenvalue weighted by Gasteiger charge is 2.12. The number of rotatable bonds is 5. The molecule has 0 saturated carbocycles. The summed E-state index contributed by atoms with van der Waals surface area (Å²) in [5.74, 6) is 0.343. The molecule has 1 amide bonds. The van der Waals surface area contributed by atoms with E-state index < -0.39 is 5.91 Å². The normalized spacial score (nSPS) is 10.6. The minimum atomic E-state index is -0.537. The summed E-state index contributed by atoms with van der Waals surface area (Å²) < 4.78 is 11.1. The number of benzene rings is 2. The Labute approximate surface area is 144 Å². The zero-order chi connectivity index (χ0) is 17.1. The summed E-state index contributed by atoms with van der Waals surface area (Å²) in [6.07, 6.45) is 1.51. The molecule has 0 aliphatic heterocycles. The lowest BCUT2D eigenvalue weighted by atomic mass is 10.1. The number of nitrogens with zero attached hydrogens (tertiary/aromatic N) is 1. The van der Waals surface area contributed by atoms with Crippen LogP contribution in [0.4, 0.5) is 0 Å². The Morgan fingerprint density at radius 3 is 2.88 bits per heavy atom. The van der Waals surface area contributed by atoms with Crippen molar-refractivity contribution in [1.29, 1.82) is 0 Å². The summed E-state index contributed by atoms with van der Waals surface area (Å²) in [5, 5.41) is 0.606. The highest BCUT2D eigenvalue weighted by Crippen LogP contribution is 2.24. The molecule has 0 fully saturated rings. The molecule has 3 aromatic rings. The van der Waals surface area contributed by atoms with Crippen LogP contribution in [0.1, 0.15) is 21.6 Å². The SMILES string of the molecule is Cc1ccc(C(N)=O)c(OCc2coc(-c3cccc(Cl)c3)n2)c1. The van der Waals surface area contributed by atoms with Crippen molar-refractivity contribution in [3.63, 3.8) is 0 Å². The van der Waals surface area contributed by atoms with Crippen LogP contribution in [0.3, 0.4) is 0 Å². The molecule has 24 heavy (non-hydrogen) atoms. The van der Waals surface area contributed by atoms with Crippen molar-refractivity contribution < 1.29 is 13.9 Å². The first-order valence-electron chi connectivity index (χ1n) is 7.26. The number of aryl methyl sites for hydroxylation is 1. The molecule has 3 rings (SSSR count). The van der Waals surface area contributed by atoms with E-state index in [1.54, 1.807) is 30.3 Å². The minimum absolute atomic E-state index is 0.161. The smallest absolute Gasteiger partial charge is 0.252 e. The Morgan fingerprint density at radius 1 is 1.29 bits per heavy atom. The zero-order valence-corrected chi connectivity index (χ0v) is 13.7. The van der Waals surface area contributed by atoms with Gasteiger partial charge in [-0.3, -0.25) is 4.79 Å². The van der Waals surface area contributed by atoms with E-state index in [-0.39, 0.29) is 6.61 Å². The van der Waals surface area contributed by atoms with E-state index in [0.717, 1.165) is 11.1 Å². The van der Waals surface area contributed by atoms with Gasteiger partial charge < -0.3 is 14.9 Å². The molecule has 122 valence electrons. The molecule has 0 radical (unpaired) electrons. The van der Waals surface area contributed by atoms with Crippen LogP contribution < -0.4 is 10.5 Å². The molecule has 0 bridgehead atoms. The van der Waals surface area contributed by atoms with Crippen molar-refractivity contribution >= 4 is 17.5 Å². The van der Waals surface area contributed by atoms with Gasteiger partial charge >= 0.3 is 0 Å². The van der Waals surface area contributed by atoms with Crippen molar-refractivity contribution in [2.75, 3.05) is 0 Å². The molecule has 5 nitrogen and oxygen atoms in total. The molecule has 0 saturated heterocycles. The summed E-state index contributed by atoms with van der Waals surface area (Å²) in [6.45, 7) is 2.07. The van der Waals surface area contributed by atoms with Crippen molar-refractivity contribution in [2.24, 2.45) is 5.73 Å². The largest absolute Gasteiger partial charge is 0.486 e. The van der Waals surface area contributed by atoms with E-state index in [2.05, 4.69) is 4.98 Å². The fourth-order valence-corrected chi connectivity index (χ4v) is 2.42. The maximum atomic E-state index is 11.5. The van der Waals surface area contributed by atoms with Crippen molar-refractivity contribution in [3.8, 4) is 17.2 Å². The average molecular weight is 343 g/mol. The Hall–Kier alpha value is -2.79. The molecule has 0 aliphatic rings. The quantitative estimate of drug-likeness (QED) is 0.760. The lowest BCUT2D eigenvalue weighted by Gasteiger charge is -2.09. The summed E-state index contributed by atoms with van der Waals surface area (Å²) in [6, 6.07) is 12.4. The lowest BCUT2D eigenvalue weighted by Crippen LogP contribution is -2.13. The molecule has 2 aromatic carbocycles. The fraction of sp³-hybridized carbons (Fsp3) is 0.111. The third-order valence-corrected chi connectivity index (χ3v) is 3.64. The maximum absolute atomic E-state index is 11.5. The number of primary amides is 1. The van der Waals surface area contributed by atoms with Crippen LogP contribution in [-0.4, -0.2) is 10.9 Å². The number of halogens is 1. The van der Waals surface area contributed by atoms with Gasteiger partial charge in [0.25, 0.3) is 5.91 Å². The molecule has 6 heteroatoms. The van der Waals surface area contributed by atoms with Gasteiger partial charge in [-0.1, -0.05) is 23.7 Å². The van der Waals surface area contributed by atoms with Crippen molar-refractivity contribution in [2.45, 2.75) is 13.5 Å². The van der Waals surface area contributed by atoms with E-state index in [0.29, 0.717) is 27.9 Å². The first kappa shape index (κ1) is 16.1. The van der Waals surface area contributed by atoms with Gasteiger partial charge in [-0.15, -0.1) is 0 Å². The standard InChI is InChI=1S/C18H15ClN2O3/c1-11-5-6-15(17(20)22)16(7-11)23-9-14-10-24-18(21-14)12-3-2-4-13(19)8-12/h2-8,10H,9H2,1H3,(H2,20,22). The number of hydrogen-bond donors (Lipinski definition) is 1. The van der Waals surface area contributed by atoms with Gasteiger partial charge in [0.1, 0.15) is 24.3 Å². The Kier molecular flexibility index (Phi) is 4.53. The van der Waals surface area contributed by atoms with Crippen LogP contribution in [0.2, 0.25) is 5.02 Å². The zero-order valence-electron chi connectivity index (χ0n) is 13.0. The van der Waals surface area contributed by atoms with E-state index in [9.17, 15) is 4.79 Å². The van der Waals surface area contributed by atoms with Gasteiger partial charge in [0.2, 0.25) is 5.89 Å². The highest BCUT2D eigenvalue weighted by atomic mass is 35.5. The summed E-state index contributed by atoms with van der Waals surface area (Å²) >= 11 is 5.97. The van der Waals surface area contributed by atoms with Crippen LogP contribution in [0.15, 0.2) is 53.1 Å². The third kappa shape index (κ3) is 3.58. The van der Waals surface area contributed by atoms with Crippen molar-refractivity contribution in [3.05, 3.63) is 70.6 Å². The first-order chi connectivity index (χ1) is 11.5. The summed E-state index contributed by atoms with van der Waals surface area (Å²) in [5.41, 5.74) is 8.04. The average Bonchev–Trinajstić information content (AvgIpc) is 3.01. The molecule has 0 atom stereocenters. The lowest BCUT2D eigenvalue weighted by molar-refractivity contribution is 0.0996. The Bertz CT molecular complexity index is 889. The van der Waals surface area contributed by atoms with Crippen LogP contribution >= 0.6 is 11.6 Å². The second kappa shape index (κ2) is 6.76. The second-order valence-electron chi connectivity index (χ2n) is 5.31. The third-order valence-electron chi connectivity index (χ3n) is 3.40. The Balaban J connectivity index is 1.77. The Morgan fingerprint density at radius 2 is 2.12 bits per heavy atom. The number of aromatic nitrogens is 1. The van der Waals surface area contributed by atoms with Gasteiger partial charge in [0, 0.05) is 10.6 Å². The van der Waals surface area contributed by atoms with Gasteiger partial charge in [0.15, 0.2) is 0 Å². The monoisotopic (exact) mass is 342 g/mol. The maximum Gasteiger partial charge on any atom is 0.252 e. The van der Waals surface area contributed by atoms with Crippen LogP contribution in [-0.2, 0) is 6.61 Å². The van der Waals surface area contributed by atoms with Gasteiger partial charge in [-0.25, -0.2) is 4.98 Å². The number of hydrogen-bond acceptors (Lipinski definition) is 4. The molecule has 1 aromatic heterocycles. The predicted molar refractivity (Wildman–Crippen MR) is 91.0 cm³/mol. The van der Waals surface area contributed by atoms with E-state index in [4.69, 9.17) is 26.5 Å². The minimum Gasteiger partial charge on any atom is -0.486 e. The fourth-order valence-electron chi connectivity index (χ4n) is 2.23. The van der Waals surface area contributed by atoms with Crippen LogP contribution in [0, 0.1) is 6.92 Å². The number of oxazole rings is 1. The summed E-state index contributed by atoms with van der Waals surface area (Å²) in [4.78, 5) is 15.8. The van der Waals surface area contributed by atoms with Gasteiger partial charge in [0.05, 0.1) is 5.56 Å². The number of nitrogens with two attached hydrogens (primary N) is 1. The van der Waals surface area contributed by atoms with Crippen LogP contribution in [0.5, 0.6) is 5.75 Å². The van der Waals surface area contributed by atoms with E-state index in [1.807, 2.05) is 19.1 Å². The van der Waals surface area contributed by atoms with Gasteiger partial charge in [-0.05, 0) is 42.8 Å². The number of ether oxygens (including phenoxy) is 1. The molecular formula is C18H15ClN2O3. The summed E-state index contributed by atoms with van der Waals surface area (Å²) in [7, 11) is 0. The van der Waals surface area contributed by atoms with Crippen molar-refractivity contribution in [1.82, 2.24) is 4.98 Å². The number of carbonyl (C=O) groups is 1.